The minimum atomic E-state index is -0.848. The van der Waals surface area contributed by atoms with E-state index in [1.165, 1.54) is 11.8 Å². The van der Waals surface area contributed by atoms with Gasteiger partial charge in [0.2, 0.25) is 0 Å². The molecule has 0 amide bonds. The fourth-order valence-electron chi connectivity index (χ4n) is 4.72. The molecule has 3 aromatic carbocycles. The number of carbonyl (C=O) groups excluding carboxylic acids is 1. The summed E-state index contributed by atoms with van der Waals surface area (Å²) in [7, 11) is 3.92. The number of fused-ring (bicyclic) bond motifs is 1. The van der Waals surface area contributed by atoms with E-state index in [1.807, 2.05) is 110 Å². The predicted molar refractivity (Wildman–Crippen MR) is 152 cm³/mol. The van der Waals surface area contributed by atoms with Crippen molar-refractivity contribution in [1.29, 1.82) is 0 Å². The SMILES string of the molecule is CN(C)C1=N[C@@H]2[C@@H](OCc3ccccc3)[C@@H](OCc3ccccc3)[C@@H]([C@H](C=O)OCc3ccccc3)O[C@@H]2S1. The Hall–Kier alpha value is -3.01. The van der Waals surface area contributed by atoms with Crippen molar-refractivity contribution in [3.8, 4) is 0 Å². The molecular weight excluding hydrogens is 512 g/mol. The highest BCUT2D eigenvalue weighted by Crippen LogP contribution is 2.41. The van der Waals surface area contributed by atoms with Crippen LogP contribution in [0.5, 0.6) is 0 Å². The molecule has 1 saturated heterocycles. The predicted octanol–water partition coefficient (Wildman–Crippen LogP) is 4.70. The van der Waals surface area contributed by atoms with Crippen molar-refractivity contribution in [2.24, 2.45) is 4.99 Å². The Kier molecular flexibility index (Phi) is 9.44. The summed E-state index contributed by atoms with van der Waals surface area (Å²) in [5.74, 6) is 0. The Morgan fingerprint density at radius 3 is 1.85 bits per heavy atom. The van der Waals surface area contributed by atoms with Gasteiger partial charge in [-0.2, -0.15) is 0 Å². The summed E-state index contributed by atoms with van der Waals surface area (Å²) in [6.07, 6.45) is -1.76. The average molecular weight is 547 g/mol. The molecule has 0 bridgehead atoms. The quantitative estimate of drug-likeness (QED) is 0.323. The van der Waals surface area contributed by atoms with Crippen molar-refractivity contribution in [3.63, 3.8) is 0 Å². The normalized spacial score (nSPS) is 25.0. The summed E-state index contributed by atoms with van der Waals surface area (Å²) in [5.41, 5.74) is 2.72. The third kappa shape index (κ3) is 6.96. The number of rotatable bonds is 11. The number of hydrogen-bond donors (Lipinski definition) is 0. The Morgan fingerprint density at radius 2 is 1.33 bits per heavy atom. The minimum absolute atomic E-state index is 0.283. The van der Waals surface area contributed by atoms with Gasteiger partial charge in [-0.3, -0.25) is 4.99 Å². The molecule has 0 N–H and O–H groups in total. The molecule has 0 radical (unpaired) electrons. The van der Waals surface area contributed by atoms with Gasteiger partial charge in [0.25, 0.3) is 0 Å². The van der Waals surface area contributed by atoms with Gasteiger partial charge in [-0.05, 0) is 16.7 Å². The number of benzene rings is 3. The Morgan fingerprint density at radius 1 is 0.821 bits per heavy atom. The summed E-state index contributed by atoms with van der Waals surface area (Å²) in [6.45, 7) is 1.02. The smallest absolute Gasteiger partial charge is 0.161 e. The van der Waals surface area contributed by atoms with Crippen LogP contribution in [-0.2, 0) is 43.6 Å². The number of thioether (sulfide) groups is 1. The van der Waals surface area contributed by atoms with E-state index in [2.05, 4.69) is 0 Å². The first kappa shape index (κ1) is 27.6. The monoisotopic (exact) mass is 546 g/mol. The van der Waals surface area contributed by atoms with Gasteiger partial charge < -0.3 is 28.6 Å². The number of carbonyl (C=O) groups is 1. The molecule has 7 nitrogen and oxygen atoms in total. The summed E-state index contributed by atoms with van der Waals surface area (Å²) >= 11 is 1.54. The van der Waals surface area contributed by atoms with Crippen LogP contribution in [-0.4, -0.2) is 66.3 Å². The Labute approximate surface area is 234 Å². The lowest BCUT2D eigenvalue weighted by atomic mass is 9.94. The number of amidine groups is 1. The van der Waals surface area contributed by atoms with E-state index in [9.17, 15) is 4.79 Å². The largest absolute Gasteiger partial charge is 0.368 e. The summed E-state index contributed by atoms with van der Waals surface area (Å²) in [4.78, 5) is 19.4. The molecule has 0 aromatic heterocycles. The van der Waals surface area contributed by atoms with Crippen LogP contribution in [0.25, 0.3) is 0 Å². The lowest BCUT2D eigenvalue weighted by Crippen LogP contribution is -2.60. The number of hydrogen-bond acceptors (Lipinski definition) is 8. The fraction of sp³-hybridized carbons (Fsp3) is 0.355. The number of aliphatic imine (C=N–C) groups is 1. The van der Waals surface area contributed by atoms with E-state index < -0.39 is 24.4 Å². The van der Waals surface area contributed by atoms with Gasteiger partial charge >= 0.3 is 0 Å². The molecule has 2 aliphatic rings. The molecule has 0 saturated carbocycles. The van der Waals surface area contributed by atoms with E-state index in [4.69, 9.17) is 23.9 Å². The minimum Gasteiger partial charge on any atom is -0.368 e. The van der Waals surface area contributed by atoms with Gasteiger partial charge in [-0.25, -0.2) is 0 Å². The second-order valence-corrected chi connectivity index (χ2v) is 10.9. The number of ether oxygens (including phenoxy) is 4. The molecule has 204 valence electrons. The Bertz CT molecular complexity index is 1210. The van der Waals surface area contributed by atoms with Crippen molar-refractivity contribution < 1.29 is 23.7 Å². The van der Waals surface area contributed by atoms with Crippen LogP contribution in [0.2, 0.25) is 0 Å². The highest BCUT2D eigenvalue weighted by molar-refractivity contribution is 8.14. The first-order chi connectivity index (χ1) is 19.1. The van der Waals surface area contributed by atoms with Crippen LogP contribution in [0, 0.1) is 0 Å². The lowest BCUT2D eigenvalue weighted by molar-refractivity contribution is -0.224. The molecule has 8 heteroatoms. The molecular formula is C31H34N2O5S. The van der Waals surface area contributed by atoms with Crippen molar-refractivity contribution in [2.45, 2.75) is 55.7 Å². The molecule has 2 heterocycles. The number of nitrogens with zero attached hydrogens (tertiary/aromatic N) is 2. The fourth-order valence-corrected chi connectivity index (χ4v) is 5.86. The third-order valence-electron chi connectivity index (χ3n) is 6.73. The average Bonchev–Trinajstić information content (AvgIpc) is 3.41. The highest BCUT2D eigenvalue weighted by atomic mass is 32.2. The van der Waals surface area contributed by atoms with Gasteiger partial charge in [0.1, 0.15) is 35.9 Å². The van der Waals surface area contributed by atoms with Crippen molar-refractivity contribution >= 4 is 23.2 Å². The first-order valence-corrected chi connectivity index (χ1v) is 14.0. The van der Waals surface area contributed by atoms with Crippen LogP contribution < -0.4 is 0 Å². The topological polar surface area (TPSA) is 69.6 Å². The van der Waals surface area contributed by atoms with Crippen molar-refractivity contribution in [3.05, 3.63) is 108 Å². The van der Waals surface area contributed by atoms with Gasteiger partial charge in [0, 0.05) is 14.1 Å². The summed E-state index contributed by atoms with van der Waals surface area (Å²) < 4.78 is 25.8. The van der Waals surface area contributed by atoms with Crippen LogP contribution in [0.4, 0.5) is 0 Å². The van der Waals surface area contributed by atoms with Crippen molar-refractivity contribution in [2.75, 3.05) is 14.1 Å². The van der Waals surface area contributed by atoms with Gasteiger partial charge in [-0.1, -0.05) is 103 Å². The van der Waals surface area contributed by atoms with Crippen LogP contribution >= 0.6 is 11.8 Å². The molecule has 0 unspecified atom stereocenters. The highest BCUT2D eigenvalue weighted by Gasteiger charge is 2.53. The molecule has 0 aliphatic carbocycles. The third-order valence-corrected chi connectivity index (χ3v) is 8.04. The summed E-state index contributed by atoms with van der Waals surface area (Å²) in [6, 6.07) is 29.5. The zero-order valence-electron chi connectivity index (χ0n) is 22.2. The van der Waals surface area contributed by atoms with Crippen LogP contribution in [0.3, 0.4) is 0 Å². The molecule has 1 fully saturated rings. The standard InChI is InChI=1S/C31H34N2O5S/c1-33(2)31-32-26-28(36-20-23-14-8-4-9-15-23)29(37-21-24-16-10-5-11-17-24)27(38-30(26)39-31)25(18-34)35-19-22-12-6-3-7-13-22/h3-18,25-30H,19-21H2,1-2H3/t25-,26+,27+,28+,29-,30+/m0/s1. The molecule has 5 rings (SSSR count). The van der Waals surface area contributed by atoms with E-state index in [1.54, 1.807) is 0 Å². The zero-order chi connectivity index (χ0) is 27.0. The maximum absolute atomic E-state index is 12.5. The first-order valence-electron chi connectivity index (χ1n) is 13.1. The van der Waals surface area contributed by atoms with Gasteiger partial charge in [0.15, 0.2) is 11.5 Å². The maximum atomic E-state index is 12.5. The van der Waals surface area contributed by atoms with Crippen LogP contribution in [0.15, 0.2) is 96.0 Å². The molecule has 39 heavy (non-hydrogen) atoms. The van der Waals surface area contributed by atoms with E-state index in [0.717, 1.165) is 28.1 Å². The maximum Gasteiger partial charge on any atom is 0.161 e. The molecule has 0 spiro atoms. The summed E-state index contributed by atoms with van der Waals surface area (Å²) in [5, 5.41) is 0.855. The van der Waals surface area contributed by atoms with Crippen LogP contribution in [0.1, 0.15) is 16.7 Å². The van der Waals surface area contributed by atoms with Gasteiger partial charge in [-0.15, -0.1) is 0 Å². The number of aldehydes is 1. The molecule has 6 atom stereocenters. The zero-order valence-corrected chi connectivity index (χ0v) is 23.0. The second-order valence-electron chi connectivity index (χ2n) is 9.80. The molecule has 2 aliphatic heterocycles. The van der Waals surface area contributed by atoms with E-state index >= 15 is 0 Å². The van der Waals surface area contributed by atoms with E-state index in [-0.39, 0.29) is 18.1 Å². The Balaban J connectivity index is 1.43. The lowest BCUT2D eigenvalue weighted by Gasteiger charge is -2.44. The molecule has 3 aromatic rings. The van der Waals surface area contributed by atoms with Crippen molar-refractivity contribution in [1.82, 2.24) is 4.90 Å². The van der Waals surface area contributed by atoms with E-state index in [0.29, 0.717) is 13.2 Å². The second kappa shape index (κ2) is 13.4. The van der Waals surface area contributed by atoms with Gasteiger partial charge in [0.05, 0.1) is 19.8 Å².